The van der Waals surface area contributed by atoms with Gasteiger partial charge < -0.3 is 10.2 Å². The molecule has 0 radical (unpaired) electrons. The Hall–Kier alpha value is -0.600. The zero-order valence-electron chi connectivity index (χ0n) is 11.4. The van der Waals surface area contributed by atoms with Crippen LogP contribution in [0, 0.1) is 0 Å². The third-order valence-electron chi connectivity index (χ3n) is 3.65. The molecular formula is C15H28O2. The van der Waals surface area contributed by atoms with Gasteiger partial charge in [-0.1, -0.05) is 26.0 Å². The molecule has 0 aliphatic heterocycles. The van der Waals surface area contributed by atoms with Gasteiger partial charge in [-0.2, -0.15) is 0 Å². The van der Waals surface area contributed by atoms with E-state index < -0.39 is 11.2 Å². The van der Waals surface area contributed by atoms with Crippen molar-refractivity contribution in [3.63, 3.8) is 0 Å². The Morgan fingerprint density at radius 2 is 1.29 bits per heavy atom. The molecule has 0 amide bonds. The highest BCUT2D eigenvalue weighted by Gasteiger charge is 2.26. The van der Waals surface area contributed by atoms with E-state index >= 15 is 0 Å². The molecule has 0 saturated heterocycles. The summed E-state index contributed by atoms with van der Waals surface area (Å²) in [7, 11) is 0. The molecule has 0 saturated carbocycles. The fourth-order valence-corrected chi connectivity index (χ4v) is 2.17. The second-order valence-corrected chi connectivity index (χ2v) is 4.99. The number of rotatable bonds is 10. The summed E-state index contributed by atoms with van der Waals surface area (Å²) >= 11 is 0. The predicted octanol–water partition coefficient (Wildman–Crippen LogP) is 3.59. The molecule has 0 bridgehead atoms. The minimum atomic E-state index is -0.730. The highest BCUT2D eigenvalue weighted by Crippen LogP contribution is 2.28. The van der Waals surface area contributed by atoms with Crippen LogP contribution in [0.15, 0.2) is 25.3 Å². The Kier molecular flexibility index (Phi) is 7.40. The molecule has 0 aromatic carbocycles. The topological polar surface area (TPSA) is 40.5 Å². The van der Waals surface area contributed by atoms with Crippen LogP contribution in [-0.4, -0.2) is 21.4 Å². The first kappa shape index (κ1) is 16.4. The van der Waals surface area contributed by atoms with Crippen LogP contribution in [0.2, 0.25) is 0 Å². The minimum Gasteiger partial charge on any atom is -0.390 e. The summed E-state index contributed by atoms with van der Waals surface area (Å²) in [5.41, 5.74) is -1.30. The van der Waals surface area contributed by atoms with Crippen molar-refractivity contribution in [1.82, 2.24) is 0 Å². The lowest BCUT2D eigenvalue weighted by molar-refractivity contribution is 0.00138. The molecule has 17 heavy (non-hydrogen) atoms. The van der Waals surface area contributed by atoms with Crippen LogP contribution >= 0.6 is 0 Å². The molecule has 0 spiro atoms. The first-order valence-corrected chi connectivity index (χ1v) is 6.62. The molecule has 0 fully saturated rings. The molecule has 0 aliphatic carbocycles. The van der Waals surface area contributed by atoms with Crippen molar-refractivity contribution in [2.45, 2.75) is 70.0 Å². The summed E-state index contributed by atoms with van der Waals surface area (Å²) in [6.45, 7) is 11.4. The van der Waals surface area contributed by atoms with Gasteiger partial charge in [0.05, 0.1) is 11.2 Å². The average Bonchev–Trinajstić information content (AvgIpc) is 2.29. The third kappa shape index (κ3) is 6.04. The van der Waals surface area contributed by atoms with Gasteiger partial charge in [0, 0.05) is 0 Å². The predicted molar refractivity (Wildman–Crippen MR) is 74.0 cm³/mol. The molecule has 0 aromatic rings. The van der Waals surface area contributed by atoms with Gasteiger partial charge in [0.15, 0.2) is 0 Å². The van der Waals surface area contributed by atoms with Crippen LogP contribution in [-0.2, 0) is 0 Å². The second kappa shape index (κ2) is 7.67. The zero-order chi connectivity index (χ0) is 13.4. The van der Waals surface area contributed by atoms with Gasteiger partial charge in [-0.25, -0.2) is 0 Å². The van der Waals surface area contributed by atoms with Crippen molar-refractivity contribution in [3.05, 3.63) is 25.3 Å². The SMILES string of the molecule is C=CCC(O)(CC=C)CCCC(O)(CC)CC. The normalized spacial score (nSPS) is 12.5. The van der Waals surface area contributed by atoms with E-state index in [1.807, 2.05) is 13.8 Å². The van der Waals surface area contributed by atoms with Crippen molar-refractivity contribution >= 4 is 0 Å². The van der Waals surface area contributed by atoms with Crippen molar-refractivity contribution in [2.24, 2.45) is 0 Å². The van der Waals surface area contributed by atoms with E-state index in [0.29, 0.717) is 19.3 Å². The Bertz CT molecular complexity index is 219. The first-order chi connectivity index (χ1) is 7.95. The third-order valence-corrected chi connectivity index (χ3v) is 3.65. The van der Waals surface area contributed by atoms with Crippen LogP contribution in [0.5, 0.6) is 0 Å². The van der Waals surface area contributed by atoms with Gasteiger partial charge in [0.25, 0.3) is 0 Å². The molecular weight excluding hydrogens is 212 g/mol. The van der Waals surface area contributed by atoms with E-state index in [4.69, 9.17) is 0 Å². The average molecular weight is 240 g/mol. The highest BCUT2D eigenvalue weighted by atomic mass is 16.3. The number of hydrogen-bond donors (Lipinski definition) is 2. The molecule has 2 N–H and O–H groups in total. The number of hydrogen-bond acceptors (Lipinski definition) is 2. The molecule has 0 atom stereocenters. The van der Waals surface area contributed by atoms with Gasteiger partial charge in [0.1, 0.15) is 0 Å². The van der Waals surface area contributed by atoms with Gasteiger partial charge >= 0.3 is 0 Å². The maximum atomic E-state index is 10.3. The van der Waals surface area contributed by atoms with E-state index in [0.717, 1.165) is 25.7 Å². The summed E-state index contributed by atoms with van der Waals surface area (Å²) < 4.78 is 0. The van der Waals surface area contributed by atoms with Gasteiger partial charge in [-0.3, -0.25) is 0 Å². The fourth-order valence-electron chi connectivity index (χ4n) is 2.17. The standard InChI is InChI=1S/C15H28O2/c1-5-10-15(17,11-6-2)13-9-12-14(16,7-3)8-4/h5-6,16-17H,1-2,7-13H2,3-4H3. The Labute approximate surface area is 106 Å². The largest absolute Gasteiger partial charge is 0.390 e. The van der Waals surface area contributed by atoms with E-state index in [9.17, 15) is 10.2 Å². The molecule has 0 aliphatic rings. The summed E-state index contributed by atoms with van der Waals surface area (Å²) in [6, 6.07) is 0. The summed E-state index contributed by atoms with van der Waals surface area (Å²) in [4.78, 5) is 0. The summed E-state index contributed by atoms with van der Waals surface area (Å²) in [5.74, 6) is 0. The quantitative estimate of drug-likeness (QED) is 0.573. The van der Waals surface area contributed by atoms with Crippen molar-refractivity contribution in [2.75, 3.05) is 0 Å². The lowest BCUT2D eigenvalue weighted by Gasteiger charge is -2.29. The zero-order valence-corrected chi connectivity index (χ0v) is 11.4. The van der Waals surface area contributed by atoms with E-state index in [-0.39, 0.29) is 0 Å². The van der Waals surface area contributed by atoms with Crippen LogP contribution < -0.4 is 0 Å². The molecule has 2 nitrogen and oxygen atoms in total. The van der Waals surface area contributed by atoms with Crippen LogP contribution in [0.25, 0.3) is 0 Å². The second-order valence-electron chi connectivity index (χ2n) is 4.99. The first-order valence-electron chi connectivity index (χ1n) is 6.62. The van der Waals surface area contributed by atoms with Crippen molar-refractivity contribution in [1.29, 1.82) is 0 Å². The van der Waals surface area contributed by atoms with Crippen LogP contribution in [0.4, 0.5) is 0 Å². The molecule has 0 heterocycles. The number of aliphatic hydroxyl groups is 2. The maximum absolute atomic E-state index is 10.3. The molecule has 0 unspecified atom stereocenters. The van der Waals surface area contributed by atoms with E-state index in [1.165, 1.54) is 0 Å². The molecule has 0 aromatic heterocycles. The lowest BCUT2D eigenvalue weighted by atomic mass is 9.85. The Morgan fingerprint density at radius 1 is 0.882 bits per heavy atom. The maximum Gasteiger partial charge on any atom is 0.0716 e. The summed E-state index contributed by atoms with van der Waals surface area (Å²) in [5, 5.41) is 20.5. The summed E-state index contributed by atoms with van der Waals surface area (Å²) in [6.07, 6.45) is 8.45. The molecule has 100 valence electrons. The minimum absolute atomic E-state index is 0.566. The van der Waals surface area contributed by atoms with Crippen LogP contribution in [0.3, 0.4) is 0 Å². The van der Waals surface area contributed by atoms with E-state index in [2.05, 4.69) is 13.2 Å². The molecule has 2 heteroatoms. The Morgan fingerprint density at radius 3 is 1.65 bits per heavy atom. The van der Waals surface area contributed by atoms with Crippen LogP contribution in [0.1, 0.15) is 58.8 Å². The van der Waals surface area contributed by atoms with E-state index in [1.54, 1.807) is 12.2 Å². The smallest absolute Gasteiger partial charge is 0.0716 e. The van der Waals surface area contributed by atoms with Crippen molar-refractivity contribution < 1.29 is 10.2 Å². The van der Waals surface area contributed by atoms with Crippen molar-refractivity contribution in [3.8, 4) is 0 Å². The van der Waals surface area contributed by atoms with Gasteiger partial charge in [0.2, 0.25) is 0 Å². The highest BCUT2D eigenvalue weighted by molar-refractivity contribution is 4.92. The van der Waals surface area contributed by atoms with Gasteiger partial charge in [-0.15, -0.1) is 13.2 Å². The fraction of sp³-hybridized carbons (Fsp3) is 0.733. The molecule has 0 rings (SSSR count). The Balaban J connectivity index is 4.22. The lowest BCUT2D eigenvalue weighted by Crippen LogP contribution is -2.30. The monoisotopic (exact) mass is 240 g/mol. The van der Waals surface area contributed by atoms with Gasteiger partial charge in [-0.05, 0) is 44.9 Å².